The average molecular weight is 796 g/mol. The first kappa shape index (κ1) is 30.5. The first-order chi connectivity index (χ1) is 31.9. The van der Waals surface area contributed by atoms with Crippen LogP contribution < -0.4 is 4.90 Å². The Balaban J connectivity index is 1.11. The number of benzene rings is 10. The summed E-state index contributed by atoms with van der Waals surface area (Å²) in [5.74, 6) is 0. The fraction of sp³-hybridized carbons (Fsp3) is 0.0169. The van der Waals surface area contributed by atoms with Crippen molar-refractivity contribution in [1.82, 2.24) is 0 Å². The number of thiophene rings is 1. The van der Waals surface area contributed by atoms with Gasteiger partial charge in [-0.3, -0.25) is 0 Å². The van der Waals surface area contributed by atoms with Gasteiger partial charge < -0.3 is 4.90 Å². The fourth-order valence-electron chi connectivity index (χ4n) is 10.5. The third-order valence-corrected chi connectivity index (χ3v) is 14.2. The van der Waals surface area contributed by atoms with Gasteiger partial charge in [0.05, 0.1) is 16.6 Å². The lowest BCUT2D eigenvalue weighted by molar-refractivity contribution is 0.794. The van der Waals surface area contributed by atoms with Crippen molar-refractivity contribution in [3.8, 4) is 44.5 Å². The van der Waals surface area contributed by atoms with Crippen molar-refractivity contribution in [3.05, 3.63) is 247 Å². The fourth-order valence-corrected chi connectivity index (χ4v) is 11.7. The predicted octanol–water partition coefficient (Wildman–Crippen LogP) is 16.4. The molecule has 0 amide bonds. The highest BCUT2D eigenvalue weighted by Crippen LogP contribution is 2.64. The van der Waals surface area contributed by atoms with E-state index in [1.54, 1.807) is 11.3 Å². The van der Waals surface area contributed by atoms with E-state index in [9.17, 15) is 5.48 Å². The molecule has 0 unspecified atom stereocenters. The Morgan fingerprint density at radius 3 is 1.75 bits per heavy atom. The van der Waals surface area contributed by atoms with Crippen LogP contribution in [0.3, 0.4) is 0 Å². The number of fused-ring (bicyclic) bond motifs is 14. The third-order valence-electron chi connectivity index (χ3n) is 13.0. The van der Waals surface area contributed by atoms with Crippen LogP contribution in [0.25, 0.3) is 75.5 Å². The summed E-state index contributed by atoms with van der Waals surface area (Å²) in [6, 6.07) is 69.3. The second-order valence-corrected chi connectivity index (χ2v) is 17.1. The zero-order valence-electron chi connectivity index (χ0n) is 36.9. The van der Waals surface area contributed by atoms with Gasteiger partial charge >= 0.3 is 0 Å². The number of rotatable bonds is 5. The number of hydrogen-bond acceptors (Lipinski definition) is 2. The molecular formula is C59H37NS. The molecule has 0 bridgehead atoms. The van der Waals surface area contributed by atoms with Gasteiger partial charge in [0.1, 0.15) is 0 Å². The second-order valence-electron chi connectivity index (χ2n) is 16.0. The molecular weight excluding hydrogens is 755 g/mol. The number of hydrogen-bond donors (Lipinski definition) is 0. The first-order valence-corrected chi connectivity index (χ1v) is 21.6. The maximum Gasteiger partial charge on any atom is 0.0726 e. The van der Waals surface area contributed by atoms with E-state index in [-0.39, 0.29) is 35.4 Å². The van der Waals surface area contributed by atoms with Crippen LogP contribution in [0.15, 0.2) is 224 Å². The Kier molecular flexibility index (Phi) is 6.62. The van der Waals surface area contributed by atoms with Gasteiger partial charge in [0.2, 0.25) is 0 Å². The van der Waals surface area contributed by atoms with E-state index >= 15 is 0 Å². The van der Waals surface area contributed by atoms with Gasteiger partial charge in [-0.15, -0.1) is 11.3 Å². The highest BCUT2D eigenvalue weighted by atomic mass is 32.1. The molecule has 0 saturated carbocycles. The maximum absolute atomic E-state index is 10.0. The third kappa shape index (κ3) is 4.88. The standard InChI is InChI=1S/C59H37NS/c1-2-19-43-38(15-1)16-12-24-44(43)39-33-35-41(36-34-39)60(42-18-11-17-40(37-42)45-25-13-26-49-48-22-6-10-32-56(48)61-58(45)49)55-31-14-30-54-57(55)50-23-5-9-29-53(50)59(54)51-27-7-3-20-46(51)47-21-4-8-28-52(47)59/h1-37H/i33D,34D,35D,36D. The summed E-state index contributed by atoms with van der Waals surface area (Å²) in [5, 5.41) is 4.28. The molecule has 0 radical (unpaired) electrons. The van der Waals surface area contributed by atoms with E-state index in [0.29, 0.717) is 5.56 Å². The average Bonchev–Trinajstić information content (AvgIpc) is 3.99. The Morgan fingerprint density at radius 1 is 0.393 bits per heavy atom. The highest BCUT2D eigenvalue weighted by molar-refractivity contribution is 7.26. The van der Waals surface area contributed by atoms with Gasteiger partial charge in [-0.2, -0.15) is 0 Å². The molecule has 2 aliphatic rings. The van der Waals surface area contributed by atoms with Crippen LogP contribution in [0.5, 0.6) is 0 Å². The van der Waals surface area contributed by atoms with Crippen molar-refractivity contribution in [1.29, 1.82) is 0 Å². The maximum atomic E-state index is 10.0. The molecule has 284 valence electrons. The van der Waals surface area contributed by atoms with E-state index < -0.39 is 5.41 Å². The Morgan fingerprint density at radius 2 is 0.951 bits per heavy atom. The molecule has 0 atom stereocenters. The van der Waals surface area contributed by atoms with Crippen LogP contribution >= 0.6 is 11.3 Å². The Bertz CT molecular complexity index is 3730. The molecule has 1 nitrogen and oxygen atoms in total. The van der Waals surface area contributed by atoms with Crippen LogP contribution in [-0.4, -0.2) is 0 Å². The molecule has 1 aromatic heterocycles. The predicted molar refractivity (Wildman–Crippen MR) is 259 cm³/mol. The summed E-state index contributed by atoms with van der Waals surface area (Å²) >= 11 is 1.78. The molecule has 11 aromatic rings. The van der Waals surface area contributed by atoms with Crippen LogP contribution in [0.4, 0.5) is 17.1 Å². The van der Waals surface area contributed by atoms with Gasteiger partial charge in [0, 0.05) is 37.1 Å². The van der Waals surface area contributed by atoms with E-state index in [2.05, 4.69) is 146 Å². The van der Waals surface area contributed by atoms with E-state index in [1.165, 1.54) is 48.0 Å². The summed E-state index contributed by atoms with van der Waals surface area (Å²) in [6.45, 7) is 0. The topological polar surface area (TPSA) is 3.24 Å². The minimum absolute atomic E-state index is 0.0864. The minimum Gasteiger partial charge on any atom is -0.310 e. The zero-order valence-corrected chi connectivity index (χ0v) is 33.7. The lowest BCUT2D eigenvalue weighted by Gasteiger charge is -2.32. The molecule has 2 aliphatic carbocycles. The van der Waals surface area contributed by atoms with Crippen molar-refractivity contribution in [3.63, 3.8) is 0 Å². The van der Waals surface area contributed by atoms with Crippen molar-refractivity contribution in [2.75, 3.05) is 4.90 Å². The van der Waals surface area contributed by atoms with Crippen molar-refractivity contribution in [2.24, 2.45) is 0 Å². The van der Waals surface area contributed by atoms with Crippen LogP contribution in [0.2, 0.25) is 0 Å². The molecule has 10 aromatic carbocycles. The van der Waals surface area contributed by atoms with Crippen molar-refractivity contribution in [2.45, 2.75) is 5.41 Å². The van der Waals surface area contributed by atoms with Gasteiger partial charge in [-0.05, 0) is 108 Å². The molecule has 13 rings (SSSR count). The SMILES string of the molecule is [2H]c1c([2H])c(N(c2cccc(-c3cccc4c3sc3ccccc34)c2)c2cccc3c2-c2ccccc2C32c3ccccc3-c3ccccc32)c([2H])c([2H])c1-c1cccc2ccccc12. The van der Waals surface area contributed by atoms with E-state index in [1.807, 2.05) is 59.5 Å². The molecule has 1 spiro atoms. The number of anilines is 3. The summed E-state index contributed by atoms with van der Waals surface area (Å²) in [4.78, 5) is 2.00. The van der Waals surface area contributed by atoms with Gasteiger partial charge in [0.25, 0.3) is 0 Å². The van der Waals surface area contributed by atoms with Gasteiger partial charge in [-0.25, -0.2) is 0 Å². The van der Waals surface area contributed by atoms with Crippen LogP contribution in [0.1, 0.15) is 27.7 Å². The molecule has 0 saturated heterocycles. The Labute approximate surface area is 364 Å². The van der Waals surface area contributed by atoms with Crippen LogP contribution in [-0.2, 0) is 5.41 Å². The van der Waals surface area contributed by atoms with Crippen LogP contribution in [0, 0.1) is 0 Å². The van der Waals surface area contributed by atoms with E-state index in [0.717, 1.165) is 50.0 Å². The minimum atomic E-state index is -0.619. The zero-order chi connectivity index (χ0) is 43.6. The first-order valence-electron chi connectivity index (χ1n) is 22.8. The summed E-state index contributed by atoms with van der Waals surface area (Å²) in [5.41, 5.74) is 13.4. The van der Waals surface area contributed by atoms with Gasteiger partial charge in [0.15, 0.2) is 0 Å². The normalized spacial score (nSPS) is 14.0. The lowest BCUT2D eigenvalue weighted by atomic mass is 9.70. The molecule has 0 fully saturated rings. The largest absolute Gasteiger partial charge is 0.310 e. The second kappa shape index (κ2) is 13.2. The molecule has 0 N–H and O–H groups in total. The smallest absolute Gasteiger partial charge is 0.0726 e. The molecule has 0 aliphatic heterocycles. The molecule has 1 heterocycles. The highest BCUT2D eigenvalue weighted by Gasteiger charge is 2.52. The monoisotopic (exact) mass is 795 g/mol. The summed E-state index contributed by atoms with van der Waals surface area (Å²) in [6.07, 6.45) is 0. The number of nitrogens with zero attached hydrogens (tertiary/aromatic N) is 1. The lowest BCUT2D eigenvalue weighted by Crippen LogP contribution is -2.26. The van der Waals surface area contributed by atoms with Crippen molar-refractivity contribution < 1.29 is 5.48 Å². The quantitative estimate of drug-likeness (QED) is 0.168. The molecule has 2 heteroatoms. The van der Waals surface area contributed by atoms with Gasteiger partial charge in [-0.1, -0.05) is 188 Å². The van der Waals surface area contributed by atoms with Crippen molar-refractivity contribution >= 4 is 59.3 Å². The summed E-state index contributed by atoms with van der Waals surface area (Å²) in [7, 11) is 0. The Hall–Kier alpha value is -7.52. The van der Waals surface area contributed by atoms with E-state index in [4.69, 9.17) is 0 Å². The summed E-state index contributed by atoms with van der Waals surface area (Å²) < 4.78 is 42.0. The molecule has 61 heavy (non-hydrogen) atoms.